The molecule has 1 fully saturated rings. The van der Waals surface area contributed by atoms with Crippen LogP contribution in [0.25, 0.3) is 0 Å². The van der Waals surface area contributed by atoms with E-state index >= 15 is 0 Å². The highest BCUT2D eigenvalue weighted by Gasteiger charge is 2.26. The van der Waals surface area contributed by atoms with E-state index < -0.39 is 0 Å². The van der Waals surface area contributed by atoms with Crippen LogP contribution in [0.2, 0.25) is 0 Å². The Morgan fingerprint density at radius 3 is 2.90 bits per heavy atom. The second-order valence-corrected chi connectivity index (χ2v) is 7.59. The van der Waals surface area contributed by atoms with Crippen molar-refractivity contribution >= 4 is 11.8 Å². The van der Waals surface area contributed by atoms with Gasteiger partial charge in [0.25, 0.3) is 0 Å². The summed E-state index contributed by atoms with van der Waals surface area (Å²) >= 11 is 0. The maximum absolute atomic E-state index is 14.0. The third-order valence-electron chi connectivity index (χ3n) is 5.36. The summed E-state index contributed by atoms with van der Waals surface area (Å²) in [4.78, 5) is 12.7. The third-order valence-corrected chi connectivity index (χ3v) is 5.36. The molecule has 162 valence electrons. The van der Waals surface area contributed by atoms with E-state index in [0.717, 1.165) is 24.7 Å². The second-order valence-electron chi connectivity index (χ2n) is 7.59. The number of hydrogen-bond acceptors (Lipinski definition) is 5. The normalized spacial score (nSPS) is 17.9. The number of aliphatic imine (C=N–C) groups is 1. The molecule has 0 bridgehead atoms. The molecule has 1 aromatic heterocycles. The minimum atomic E-state index is -0.284. The number of anilines is 1. The van der Waals surface area contributed by atoms with Gasteiger partial charge in [0.2, 0.25) is 0 Å². The summed E-state index contributed by atoms with van der Waals surface area (Å²) in [6.07, 6.45) is 2.52. The van der Waals surface area contributed by atoms with Crippen LogP contribution in [0, 0.1) is 5.82 Å². The van der Waals surface area contributed by atoms with Crippen LogP contribution in [0.5, 0.6) is 5.75 Å². The van der Waals surface area contributed by atoms with E-state index in [-0.39, 0.29) is 17.9 Å². The van der Waals surface area contributed by atoms with Gasteiger partial charge >= 0.3 is 0 Å². The quantitative estimate of drug-likeness (QED) is 0.535. The van der Waals surface area contributed by atoms with Gasteiger partial charge in [0.05, 0.1) is 13.2 Å². The number of likely N-dealkylation sites (N-methyl/N-ethyl adjacent to an activating group) is 1. The number of aromatic nitrogens is 1. The fourth-order valence-corrected chi connectivity index (χ4v) is 3.71. The van der Waals surface area contributed by atoms with Gasteiger partial charge in [-0.15, -0.1) is 0 Å². The molecule has 2 aromatic rings. The average molecular weight is 415 g/mol. The van der Waals surface area contributed by atoms with Gasteiger partial charge in [0, 0.05) is 38.9 Å². The summed E-state index contributed by atoms with van der Waals surface area (Å²) in [5.74, 6) is 1.70. The van der Waals surface area contributed by atoms with Gasteiger partial charge in [-0.25, -0.2) is 9.37 Å². The first-order valence-corrected chi connectivity index (χ1v) is 10.1. The molecule has 0 saturated carbocycles. The topological polar surface area (TPSA) is 65.0 Å². The summed E-state index contributed by atoms with van der Waals surface area (Å²) < 4.78 is 19.4. The van der Waals surface area contributed by atoms with Crippen molar-refractivity contribution in [3.05, 3.63) is 54.0 Å². The summed E-state index contributed by atoms with van der Waals surface area (Å²) in [6.45, 7) is 2.12. The number of halogens is 1. The highest BCUT2D eigenvalue weighted by atomic mass is 19.1. The van der Waals surface area contributed by atoms with Gasteiger partial charge < -0.3 is 25.2 Å². The number of nitrogens with one attached hydrogen (secondary N) is 2. The van der Waals surface area contributed by atoms with Crippen LogP contribution >= 0.6 is 0 Å². The maximum Gasteiger partial charge on any atom is 0.191 e. The lowest BCUT2D eigenvalue weighted by molar-refractivity contribution is 0.297. The fraction of sp³-hybridized carbons (Fsp3) is 0.455. The number of ether oxygens (including phenoxy) is 1. The zero-order valence-electron chi connectivity index (χ0n) is 18.1. The Hall–Kier alpha value is -2.87. The summed E-state index contributed by atoms with van der Waals surface area (Å²) in [5.41, 5.74) is 1.17. The van der Waals surface area contributed by atoms with E-state index in [2.05, 4.69) is 51.7 Å². The Kier molecular flexibility index (Phi) is 7.46. The number of benzene rings is 1. The van der Waals surface area contributed by atoms with Gasteiger partial charge in [-0.3, -0.25) is 4.99 Å². The first-order chi connectivity index (χ1) is 14.5. The van der Waals surface area contributed by atoms with Crippen molar-refractivity contribution in [2.24, 2.45) is 4.99 Å². The molecule has 30 heavy (non-hydrogen) atoms. The van der Waals surface area contributed by atoms with Crippen molar-refractivity contribution in [3.8, 4) is 5.75 Å². The first kappa shape index (κ1) is 21.8. The smallest absolute Gasteiger partial charge is 0.191 e. The van der Waals surface area contributed by atoms with Crippen LogP contribution in [0.15, 0.2) is 47.6 Å². The molecule has 1 saturated heterocycles. The molecule has 1 aliphatic rings. The number of methoxy groups -OCH3 is 1. The summed E-state index contributed by atoms with van der Waals surface area (Å²) in [5, 5.41) is 6.88. The molecule has 2 heterocycles. The molecule has 2 N–H and O–H groups in total. The Morgan fingerprint density at radius 1 is 1.37 bits per heavy atom. The first-order valence-electron chi connectivity index (χ1n) is 10.1. The molecular formula is C22H31FN6O. The summed E-state index contributed by atoms with van der Waals surface area (Å²) in [7, 11) is 7.54. The third kappa shape index (κ3) is 5.38. The Morgan fingerprint density at radius 2 is 2.20 bits per heavy atom. The van der Waals surface area contributed by atoms with Crippen molar-refractivity contribution in [2.45, 2.75) is 18.5 Å². The standard InChI is InChI=1S/C22H31FN6O/c1-24-22(26-14-20(28(2)3)16-7-5-8-18(13-16)30-4)27-17-10-12-29(15-17)21-19(23)9-6-11-25-21/h5-9,11,13,17,20H,10,12,14-15H2,1-4H3,(H2,24,26,27). The molecule has 1 aliphatic heterocycles. The van der Waals surface area contributed by atoms with Crippen LogP contribution in [0.1, 0.15) is 18.0 Å². The van der Waals surface area contributed by atoms with Crippen molar-refractivity contribution in [3.63, 3.8) is 0 Å². The number of hydrogen-bond donors (Lipinski definition) is 2. The lowest BCUT2D eigenvalue weighted by Gasteiger charge is -2.27. The number of rotatable bonds is 7. The largest absolute Gasteiger partial charge is 0.497 e. The van der Waals surface area contributed by atoms with E-state index in [1.54, 1.807) is 26.4 Å². The van der Waals surface area contributed by atoms with Crippen LogP contribution in [0.4, 0.5) is 10.2 Å². The Balaban J connectivity index is 1.58. The molecule has 0 aliphatic carbocycles. The molecule has 2 atom stereocenters. The average Bonchev–Trinajstić information content (AvgIpc) is 3.21. The van der Waals surface area contributed by atoms with Crippen LogP contribution in [-0.2, 0) is 0 Å². The zero-order chi connectivity index (χ0) is 21.5. The van der Waals surface area contributed by atoms with Gasteiger partial charge in [-0.05, 0) is 50.3 Å². The molecule has 0 radical (unpaired) electrons. The van der Waals surface area contributed by atoms with Crippen LogP contribution in [-0.4, -0.2) is 69.8 Å². The molecule has 1 aromatic carbocycles. The van der Waals surface area contributed by atoms with E-state index in [1.165, 1.54) is 11.6 Å². The van der Waals surface area contributed by atoms with Gasteiger partial charge in [0.1, 0.15) is 5.75 Å². The predicted molar refractivity (Wildman–Crippen MR) is 119 cm³/mol. The number of guanidine groups is 1. The lowest BCUT2D eigenvalue weighted by Crippen LogP contribution is -2.46. The summed E-state index contributed by atoms with van der Waals surface area (Å²) in [6, 6.07) is 11.5. The highest BCUT2D eigenvalue weighted by molar-refractivity contribution is 5.80. The van der Waals surface area contributed by atoms with Gasteiger partial charge in [0.15, 0.2) is 17.6 Å². The maximum atomic E-state index is 14.0. The Bertz CT molecular complexity index is 859. The lowest BCUT2D eigenvalue weighted by atomic mass is 10.1. The van der Waals surface area contributed by atoms with E-state index in [9.17, 15) is 4.39 Å². The Labute approximate surface area is 178 Å². The minimum Gasteiger partial charge on any atom is -0.497 e. The number of pyridine rings is 1. The van der Waals surface area contributed by atoms with Gasteiger partial charge in [-0.1, -0.05) is 12.1 Å². The molecule has 2 unspecified atom stereocenters. The molecular weight excluding hydrogens is 383 g/mol. The zero-order valence-corrected chi connectivity index (χ0v) is 18.1. The van der Waals surface area contributed by atoms with E-state index in [4.69, 9.17) is 4.74 Å². The minimum absolute atomic E-state index is 0.154. The van der Waals surface area contributed by atoms with Crippen LogP contribution < -0.4 is 20.3 Å². The van der Waals surface area contributed by atoms with Crippen molar-refractivity contribution in [1.29, 1.82) is 0 Å². The van der Waals surface area contributed by atoms with Crippen molar-refractivity contribution < 1.29 is 9.13 Å². The fourth-order valence-electron chi connectivity index (χ4n) is 3.71. The van der Waals surface area contributed by atoms with Crippen molar-refractivity contribution in [2.75, 3.05) is 52.8 Å². The molecule has 3 rings (SSSR count). The van der Waals surface area contributed by atoms with Crippen molar-refractivity contribution in [1.82, 2.24) is 20.5 Å². The highest BCUT2D eigenvalue weighted by Crippen LogP contribution is 2.23. The van der Waals surface area contributed by atoms with Gasteiger partial charge in [-0.2, -0.15) is 0 Å². The van der Waals surface area contributed by atoms with Crippen LogP contribution in [0.3, 0.4) is 0 Å². The molecule has 8 heteroatoms. The predicted octanol–water partition coefficient (Wildman–Crippen LogP) is 2.28. The molecule has 7 nitrogen and oxygen atoms in total. The second kappa shape index (κ2) is 10.2. The van der Waals surface area contributed by atoms with E-state index in [0.29, 0.717) is 18.9 Å². The SMILES string of the molecule is CN=C(NCC(c1cccc(OC)c1)N(C)C)NC1CCN(c2ncccc2F)C1. The monoisotopic (exact) mass is 414 g/mol. The molecule has 0 amide bonds. The molecule has 0 spiro atoms. The number of nitrogens with zero attached hydrogens (tertiary/aromatic N) is 4. The van der Waals surface area contributed by atoms with E-state index in [1.807, 2.05) is 17.0 Å².